The smallest absolute Gasteiger partial charge is 0.259 e. The molecule has 2 bridgehead atoms. The summed E-state index contributed by atoms with van der Waals surface area (Å²) < 4.78 is 0. The summed E-state index contributed by atoms with van der Waals surface area (Å²) in [6.07, 6.45) is 3.71. The van der Waals surface area contributed by atoms with Gasteiger partial charge < -0.3 is 14.8 Å². The van der Waals surface area contributed by atoms with Crippen molar-refractivity contribution in [1.82, 2.24) is 14.8 Å². The van der Waals surface area contributed by atoms with Crippen molar-refractivity contribution in [3.63, 3.8) is 0 Å². The first-order valence-corrected chi connectivity index (χ1v) is 8.71. The molecule has 2 aromatic rings. The summed E-state index contributed by atoms with van der Waals surface area (Å²) >= 11 is 5.97. The van der Waals surface area contributed by atoms with Gasteiger partial charge in [0.25, 0.3) is 5.91 Å². The van der Waals surface area contributed by atoms with Gasteiger partial charge in [-0.25, -0.2) is 0 Å². The lowest BCUT2D eigenvalue weighted by Crippen LogP contribution is -2.48. The molecule has 3 saturated heterocycles. The molecule has 3 aliphatic heterocycles. The molecule has 0 aliphatic carbocycles. The van der Waals surface area contributed by atoms with Crippen LogP contribution in [0, 0.1) is 5.92 Å². The van der Waals surface area contributed by atoms with Gasteiger partial charge in [-0.2, -0.15) is 0 Å². The molecule has 5 nitrogen and oxygen atoms in total. The molecule has 6 heteroatoms. The Balaban J connectivity index is 1.72. The number of nitrogens with zero attached hydrogens (tertiary/aromatic N) is 2. The molecule has 0 spiro atoms. The summed E-state index contributed by atoms with van der Waals surface area (Å²) in [5, 5.41) is 1.06. The second kappa shape index (κ2) is 5.90. The molecular formula is C18H20ClN3O2. The topological polar surface area (TPSA) is 56.4 Å². The first kappa shape index (κ1) is 15.7. The maximum absolute atomic E-state index is 13.0. The number of nitrogens with one attached hydrogen (secondary N) is 1. The zero-order valence-electron chi connectivity index (χ0n) is 13.6. The fraction of sp³-hybridized carbons (Fsp3) is 0.444. The van der Waals surface area contributed by atoms with E-state index in [2.05, 4.69) is 16.9 Å². The van der Waals surface area contributed by atoms with Gasteiger partial charge in [0.1, 0.15) is 5.56 Å². The highest BCUT2D eigenvalue weighted by Crippen LogP contribution is 2.28. The van der Waals surface area contributed by atoms with E-state index in [4.69, 9.17) is 11.6 Å². The Morgan fingerprint density at radius 3 is 2.92 bits per heavy atom. The summed E-state index contributed by atoms with van der Waals surface area (Å²) in [7, 11) is 2.10. The van der Waals surface area contributed by atoms with Crippen molar-refractivity contribution in [1.29, 1.82) is 0 Å². The number of hydrogen-bond donors (Lipinski definition) is 1. The number of halogens is 1. The molecule has 5 rings (SSSR count). The standard InChI is InChI=1S/C18H20ClN3O2/c1-21-8-11-2-4-13(10-21)22(9-11)18(24)15-7-20-16-6-12(19)3-5-14(16)17(15)23/h3,5-7,11,13H,2,4,8-10H2,1H3,(H,20,23)/t11-,13+/m0/s1. The Morgan fingerprint density at radius 2 is 2.08 bits per heavy atom. The van der Waals surface area contributed by atoms with E-state index in [0.29, 0.717) is 21.8 Å². The first-order chi connectivity index (χ1) is 11.5. The van der Waals surface area contributed by atoms with Gasteiger partial charge in [0.2, 0.25) is 5.43 Å². The van der Waals surface area contributed by atoms with E-state index in [-0.39, 0.29) is 22.9 Å². The highest BCUT2D eigenvalue weighted by atomic mass is 35.5. The predicted molar refractivity (Wildman–Crippen MR) is 94.6 cm³/mol. The number of H-pyrrole nitrogens is 1. The third-order valence-corrected chi connectivity index (χ3v) is 5.47. The van der Waals surface area contributed by atoms with Gasteiger partial charge in [0, 0.05) is 42.3 Å². The van der Waals surface area contributed by atoms with Crippen molar-refractivity contribution in [3.05, 3.63) is 45.2 Å². The Labute approximate surface area is 145 Å². The first-order valence-electron chi connectivity index (χ1n) is 8.33. The van der Waals surface area contributed by atoms with Crippen LogP contribution in [0.5, 0.6) is 0 Å². The summed E-state index contributed by atoms with van der Waals surface area (Å²) in [6, 6.07) is 5.25. The highest BCUT2D eigenvalue weighted by Gasteiger charge is 2.37. The minimum atomic E-state index is -0.223. The molecule has 0 unspecified atom stereocenters. The molecule has 1 N–H and O–H groups in total. The molecule has 0 saturated carbocycles. The third-order valence-electron chi connectivity index (χ3n) is 5.23. The summed E-state index contributed by atoms with van der Waals surface area (Å²) in [5.41, 5.74) is 0.653. The van der Waals surface area contributed by atoms with Crippen LogP contribution < -0.4 is 5.43 Å². The van der Waals surface area contributed by atoms with Crippen molar-refractivity contribution in [2.75, 3.05) is 26.7 Å². The van der Waals surface area contributed by atoms with E-state index in [1.165, 1.54) is 6.20 Å². The van der Waals surface area contributed by atoms with Crippen molar-refractivity contribution >= 4 is 28.4 Å². The lowest BCUT2D eigenvalue weighted by atomic mass is 9.94. The molecular weight excluding hydrogens is 326 g/mol. The number of aromatic amines is 1. The molecule has 1 aromatic carbocycles. The van der Waals surface area contributed by atoms with Crippen LogP contribution in [0.4, 0.5) is 0 Å². The van der Waals surface area contributed by atoms with Gasteiger partial charge in [-0.3, -0.25) is 9.59 Å². The number of rotatable bonds is 1. The average Bonchev–Trinajstić information content (AvgIpc) is 2.83. The molecule has 1 amide bonds. The average molecular weight is 346 g/mol. The highest BCUT2D eigenvalue weighted by molar-refractivity contribution is 6.31. The summed E-state index contributed by atoms with van der Waals surface area (Å²) in [6.45, 7) is 2.64. The number of carbonyl (C=O) groups is 1. The number of pyridine rings is 1. The van der Waals surface area contributed by atoms with Crippen LogP contribution in [-0.2, 0) is 0 Å². The molecule has 3 aliphatic rings. The van der Waals surface area contributed by atoms with Gasteiger partial charge in [-0.15, -0.1) is 0 Å². The van der Waals surface area contributed by atoms with Crippen molar-refractivity contribution in [3.8, 4) is 0 Å². The molecule has 2 atom stereocenters. The van der Waals surface area contributed by atoms with Gasteiger partial charge in [0.05, 0.1) is 5.52 Å². The number of carbonyl (C=O) groups excluding carboxylic acids is 1. The van der Waals surface area contributed by atoms with E-state index in [0.717, 1.165) is 32.5 Å². The molecule has 1 aromatic heterocycles. The van der Waals surface area contributed by atoms with Crippen molar-refractivity contribution in [2.24, 2.45) is 5.92 Å². The Kier molecular flexibility index (Phi) is 3.85. The Bertz CT molecular complexity index is 863. The zero-order valence-corrected chi connectivity index (χ0v) is 14.3. The second-order valence-electron chi connectivity index (χ2n) is 7.00. The van der Waals surface area contributed by atoms with E-state index < -0.39 is 0 Å². The third kappa shape index (κ3) is 2.62. The van der Waals surface area contributed by atoms with Crippen LogP contribution in [0.2, 0.25) is 5.02 Å². The predicted octanol–water partition coefficient (Wildman–Crippen LogP) is 2.35. The maximum Gasteiger partial charge on any atom is 0.259 e. The molecule has 3 fully saturated rings. The van der Waals surface area contributed by atoms with Gasteiger partial charge in [-0.1, -0.05) is 11.6 Å². The van der Waals surface area contributed by atoms with Crippen molar-refractivity contribution in [2.45, 2.75) is 18.9 Å². The molecule has 4 heterocycles. The fourth-order valence-corrected chi connectivity index (χ4v) is 4.25. The van der Waals surface area contributed by atoms with Crippen LogP contribution in [0.25, 0.3) is 10.9 Å². The van der Waals surface area contributed by atoms with Crippen LogP contribution in [0.15, 0.2) is 29.2 Å². The maximum atomic E-state index is 13.0. The molecule has 0 radical (unpaired) electrons. The van der Waals surface area contributed by atoms with Gasteiger partial charge in [-0.05, 0) is 44.0 Å². The zero-order chi connectivity index (χ0) is 16.8. The number of benzene rings is 1. The van der Waals surface area contributed by atoms with E-state index in [1.54, 1.807) is 18.2 Å². The minimum Gasteiger partial charge on any atom is -0.360 e. The largest absolute Gasteiger partial charge is 0.360 e. The number of likely N-dealkylation sites (N-methyl/N-ethyl adjacent to an activating group) is 1. The van der Waals surface area contributed by atoms with E-state index >= 15 is 0 Å². The van der Waals surface area contributed by atoms with Crippen LogP contribution in [0.3, 0.4) is 0 Å². The van der Waals surface area contributed by atoms with E-state index in [1.807, 2.05) is 4.90 Å². The van der Waals surface area contributed by atoms with Crippen molar-refractivity contribution < 1.29 is 4.79 Å². The lowest BCUT2D eigenvalue weighted by Gasteiger charge is -2.36. The normalized spacial score (nSPS) is 24.3. The minimum absolute atomic E-state index is 0.155. The number of amides is 1. The van der Waals surface area contributed by atoms with Crippen LogP contribution in [-0.4, -0.2) is 53.4 Å². The number of hydrogen-bond acceptors (Lipinski definition) is 3. The number of piperidine rings is 1. The Hall–Kier alpha value is -1.85. The van der Waals surface area contributed by atoms with Gasteiger partial charge >= 0.3 is 0 Å². The number of fused-ring (bicyclic) bond motifs is 5. The summed E-state index contributed by atoms with van der Waals surface area (Å²) in [4.78, 5) is 33.0. The number of aromatic nitrogens is 1. The quantitative estimate of drug-likeness (QED) is 0.863. The van der Waals surface area contributed by atoms with Crippen LogP contribution >= 0.6 is 11.6 Å². The molecule has 24 heavy (non-hydrogen) atoms. The summed E-state index contributed by atoms with van der Waals surface area (Å²) in [5.74, 6) is 0.342. The molecule has 126 valence electrons. The monoisotopic (exact) mass is 345 g/mol. The lowest BCUT2D eigenvalue weighted by molar-refractivity contribution is 0.0585. The van der Waals surface area contributed by atoms with Crippen LogP contribution in [0.1, 0.15) is 23.2 Å². The van der Waals surface area contributed by atoms with E-state index in [9.17, 15) is 9.59 Å². The SMILES string of the molecule is CN1C[C@@H]2CC[C@H](C1)N(C(=O)c1c[nH]c3cc(Cl)ccc3c1=O)C2. The van der Waals surface area contributed by atoms with Gasteiger partial charge in [0.15, 0.2) is 0 Å². The fourth-order valence-electron chi connectivity index (χ4n) is 4.07. The Morgan fingerprint density at radius 1 is 1.25 bits per heavy atom. The second-order valence-corrected chi connectivity index (χ2v) is 7.43.